The molecule has 0 bridgehead atoms. The SMILES string of the molecule is O=C(Nc1ccc(Cl)c(Cl)c1)Nc1ccc2[nH]c(=O)oc2c1. The number of hydrogen-bond donors (Lipinski definition) is 3. The van der Waals surface area contributed by atoms with Gasteiger partial charge < -0.3 is 15.1 Å². The van der Waals surface area contributed by atoms with Crippen LogP contribution in [0.5, 0.6) is 0 Å². The number of hydrogen-bond acceptors (Lipinski definition) is 3. The van der Waals surface area contributed by atoms with Gasteiger partial charge in [-0.3, -0.25) is 4.98 Å². The van der Waals surface area contributed by atoms with Gasteiger partial charge in [0.2, 0.25) is 0 Å². The lowest BCUT2D eigenvalue weighted by Gasteiger charge is -2.08. The highest BCUT2D eigenvalue weighted by Gasteiger charge is 2.07. The molecule has 0 atom stereocenters. The Labute approximate surface area is 134 Å². The van der Waals surface area contributed by atoms with Crippen molar-refractivity contribution in [3.63, 3.8) is 0 Å². The predicted molar refractivity (Wildman–Crippen MR) is 85.9 cm³/mol. The smallest absolute Gasteiger partial charge is 0.408 e. The van der Waals surface area contributed by atoms with E-state index in [9.17, 15) is 9.59 Å². The van der Waals surface area contributed by atoms with Gasteiger partial charge >= 0.3 is 11.8 Å². The molecule has 3 N–H and O–H groups in total. The zero-order chi connectivity index (χ0) is 15.7. The van der Waals surface area contributed by atoms with Gasteiger partial charge in [0.1, 0.15) is 0 Å². The Morgan fingerprint density at radius 2 is 1.68 bits per heavy atom. The second-order valence-corrected chi connectivity index (χ2v) is 5.25. The topological polar surface area (TPSA) is 87.1 Å². The first-order valence-electron chi connectivity index (χ1n) is 6.17. The second kappa shape index (κ2) is 5.75. The number of aromatic nitrogens is 1. The first-order chi connectivity index (χ1) is 10.5. The number of amides is 2. The van der Waals surface area contributed by atoms with Crippen LogP contribution in [0.25, 0.3) is 11.1 Å². The van der Waals surface area contributed by atoms with Crippen LogP contribution in [0.3, 0.4) is 0 Å². The Balaban J connectivity index is 1.74. The highest BCUT2D eigenvalue weighted by Crippen LogP contribution is 2.25. The van der Waals surface area contributed by atoms with Gasteiger partial charge in [0.05, 0.1) is 15.6 Å². The lowest BCUT2D eigenvalue weighted by Crippen LogP contribution is -2.19. The van der Waals surface area contributed by atoms with Gasteiger partial charge in [0, 0.05) is 17.4 Å². The van der Waals surface area contributed by atoms with Crippen molar-refractivity contribution in [2.75, 3.05) is 10.6 Å². The fraction of sp³-hybridized carbons (Fsp3) is 0. The van der Waals surface area contributed by atoms with Crippen molar-refractivity contribution in [3.8, 4) is 0 Å². The molecule has 2 amide bonds. The summed E-state index contributed by atoms with van der Waals surface area (Å²) in [6.45, 7) is 0. The van der Waals surface area contributed by atoms with E-state index in [0.717, 1.165) is 0 Å². The van der Waals surface area contributed by atoms with Crippen LogP contribution in [0.2, 0.25) is 10.0 Å². The van der Waals surface area contributed by atoms with Gasteiger partial charge in [0.15, 0.2) is 5.58 Å². The minimum absolute atomic E-state index is 0.343. The molecule has 0 radical (unpaired) electrons. The quantitative estimate of drug-likeness (QED) is 0.658. The second-order valence-electron chi connectivity index (χ2n) is 4.43. The van der Waals surface area contributed by atoms with Crippen LogP contribution in [-0.4, -0.2) is 11.0 Å². The normalized spacial score (nSPS) is 10.6. The van der Waals surface area contributed by atoms with Crippen LogP contribution in [0.15, 0.2) is 45.6 Å². The highest BCUT2D eigenvalue weighted by atomic mass is 35.5. The zero-order valence-electron chi connectivity index (χ0n) is 10.9. The van der Waals surface area contributed by atoms with Crippen molar-refractivity contribution in [1.82, 2.24) is 4.98 Å². The molecule has 1 aromatic heterocycles. The van der Waals surface area contributed by atoms with Gasteiger partial charge in [-0.15, -0.1) is 0 Å². The van der Waals surface area contributed by atoms with Gasteiger partial charge in [-0.25, -0.2) is 9.59 Å². The molecular formula is C14H9Cl2N3O3. The average molecular weight is 338 g/mol. The number of carbonyl (C=O) groups is 1. The lowest BCUT2D eigenvalue weighted by molar-refractivity contribution is 0.262. The van der Waals surface area contributed by atoms with Crippen molar-refractivity contribution >= 4 is 51.7 Å². The van der Waals surface area contributed by atoms with Crippen molar-refractivity contribution < 1.29 is 9.21 Å². The third-order valence-electron chi connectivity index (χ3n) is 2.86. The molecule has 8 heteroatoms. The summed E-state index contributed by atoms with van der Waals surface area (Å²) in [5, 5.41) is 5.99. The maximum atomic E-state index is 11.9. The Morgan fingerprint density at radius 1 is 1.00 bits per heavy atom. The molecular weight excluding hydrogens is 329 g/mol. The number of H-pyrrole nitrogens is 1. The number of urea groups is 1. The van der Waals surface area contributed by atoms with Crippen LogP contribution in [0.4, 0.5) is 16.2 Å². The average Bonchev–Trinajstić information content (AvgIpc) is 2.82. The summed E-state index contributed by atoms with van der Waals surface area (Å²) in [4.78, 5) is 25.5. The molecule has 2 aromatic carbocycles. The molecule has 0 saturated heterocycles. The summed E-state index contributed by atoms with van der Waals surface area (Å²) in [6.07, 6.45) is 0. The van der Waals surface area contributed by atoms with Crippen LogP contribution < -0.4 is 16.4 Å². The first kappa shape index (κ1) is 14.5. The molecule has 3 rings (SSSR count). The van der Waals surface area contributed by atoms with E-state index in [4.69, 9.17) is 27.6 Å². The van der Waals surface area contributed by atoms with E-state index >= 15 is 0 Å². The number of rotatable bonds is 2. The number of oxazole rings is 1. The molecule has 112 valence electrons. The monoisotopic (exact) mass is 337 g/mol. The van der Waals surface area contributed by atoms with E-state index < -0.39 is 11.8 Å². The van der Waals surface area contributed by atoms with Crippen LogP contribution >= 0.6 is 23.2 Å². The number of fused-ring (bicyclic) bond motifs is 1. The summed E-state index contributed by atoms with van der Waals surface area (Å²) in [7, 11) is 0. The lowest BCUT2D eigenvalue weighted by atomic mass is 10.3. The Kier molecular flexibility index (Phi) is 3.79. The minimum Gasteiger partial charge on any atom is -0.408 e. The Hall–Kier alpha value is -2.44. The molecule has 0 unspecified atom stereocenters. The van der Waals surface area contributed by atoms with E-state index in [2.05, 4.69) is 15.6 Å². The Bertz CT molecular complexity index is 917. The van der Waals surface area contributed by atoms with E-state index in [0.29, 0.717) is 32.5 Å². The number of nitrogens with one attached hydrogen (secondary N) is 3. The first-order valence-corrected chi connectivity index (χ1v) is 6.93. The highest BCUT2D eigenvalue weighted by molar-refractivity contribution is 6.42. The molecule has 0 aliphatic rings. The van der Waals surface area contributed by atoms with Crippen LogP contribution in [0.1, 0.15) is 0 Å². The molecule has 22 heavy (non-hydrogen) atoms. The van der Waals surface area contributed by atoms with Gasteiger partial charge in [-0.2, -0.15) is 0 Å². The standard InChI is InChI=1S/C14H9Cl2N3O3/c15-9-3-1-7(5-10(9)16)17-13(20)18-8-2-4-11-12(6-8)22-14(21)19-11/h1-6H,(H,19,21)(H2,17,18,20). The van der Waals surface area contributed by atoms with Crippen molar-refractivity contribution in [2.24, 2.45) is 0 Å². The summed E-state index contributed by atoms with van der Waals surface area (Å²) < 4.78 is 4.92. The van der Waals surface area contributed by atoms with E-state index in [1.165, 1.54) is 6.07 Å². The summed E-state index contributed by atoms with van der Waals surface area (Å²) >= 11 is 11.7. The fourth-order valence-corrected chi connectivity index (χ4v) is 2.19. The molecule has 0 aliphatic heterocycles. The van der Waals surface area contributed by atoms with Crippen molar-refractivity contribution in [2.45, 2.75) is 0 Å². The summed E-state index contributed by atoms with van der Waals surface area (Å²) in [6, 6.07) is 9.11. The van der Waals surface area contributed by atoms with Gasteiger partial charge in [-0.1, -0.05) is 23.2 Å². The largest absolute Gasteiger partial charge is 0.417 e. The summed E-state index contributed by atoms with van der Waals surface area (Å²) in [5.74, 6) is -0.549. The fourth-order valence-electron chi connectivity index (χ4n) is 1.89. The third-order valence-corrected chi connectivity index (χ3v) is 3.60. The number of anilines is 2. The molecule has 3 aromatic rings. The molecule has 6 nitrogen and oxygen atoms in total. The molecule has 0 saturated carbocycles. The van der Waals surface area contributed by atoms with Crippen molar-refractivity contribution in [1.29, 1.82) is 0 Å². The number of benzene rings is 2. The number of halogens is 2. The summed E-state index contributed by atoms with van der Waals surface area (Å²) in [5.41, 5.74) is 1.90. The zero-order valence-corrected chi connectivity index (χ0v) is 12.5. The van der Waals surface area contributed by atoms with Crippen LogP contribution in [0, 0.1) is 0 Å². The maximum absolute atomic E-state index is 11.9. The molecule has 0 spiro atoms. The van der Waals surface area contributed by atoms with Gasteiger partial charge in [-0.05, 0) is 30.3 Å². The number of carbonyl (C=O) groups excluding carboxylic acids is 1. The molecule has 0 aliphatic carbocycles. The van der Waals surface area contributed by atoms with E-state index in [1.54, 1.807) is 30.3 Å². The van der Waals surface area contributed by atoms with Crippen LogP contribution in [-0.2, 0) is 0 Å². The Morgan fingerprint density at radius 3 is 2.41 bits per heavy atom. The minimum atomic E-state index is -0.549. The third kappa shape index (κ3) is 3.08. The van der Waals surface area contributed by atoms with Gasteiger partial charge in [0.25, 0.3) is 0 Å². The maximum Gasteiger partial charge on any atom is 0.417 e. The van der Waals surface area contributed by atoms with E-state index in [1.807, 2.05) is 0 Å². The van der Waals surface area contributed by atoms with E-state index in [-0.39, 0.29) is 0 Å². The predicted octanol–water partition coefficient (Wildman–Crippen LogP) is 4.07. The van der Waals surface area contributed by atoms with Crippen molar-refractivity contribution in [3.05, 3.63) is 57.0 Å². The molecule has 0 fully saturated rings. The number of aromatic amines is 1. The molecule has 1 heterocycles.